The predicted octanol–water partition coefficient (Wildman–Crippen LogP) is 4.53. The fraction of sp³-hybridized carbons (Fsp3) is 0.0588. The van der Waals surface area contributed by atoms with Gasteiger partial charge < -0.3 is 0 Å². The Labute approximate surface area is 127 Å². The van der Waals surface area contributed by atoms with Gasteiger partial charge in [0.1, 0.15) is 5.82 Å². The summed E-state index contributed by atoms with van der Waals surface area (Å²) in [7, 11) is 0. The van der Waals surface area contributed by atoms with Gasteiger partial charge in [-0.15, -0.1) is 0 Å². The molecular formula is C17H12ClFN2. The SMILES string of the molecule is Fc1ccc(-c2cnc(Cl)c(Cc3ccccc3)n2)cc1. The molecule has 0 atom stereocenters. The van der Waals surface area contributed by atoms with Gasteiger partial charge >= 0.3 is 0 Å². The molecule has 4 heteroatoms. The zero-order valence-electron chi connectivity index (χ0n) is 11.1. The summed E-state index contributed by atoms with van der Waals surface area (Å²) < 4.78 is 13.0. The predicted molar refractivity (Wildman–Crippen MR) is 81.7 cm³/mol. The molecule has 0 unspecified atom stereocenters. The van der Waals surface area contributed by atoms with Gasteiger partial charge in [-0.2, -0.15) is 0 Å². The molecule has 21 heavy (non-hydrogen) atoms. The molecule has 0 saturated heterocycles. The average Bonchev–Trinajstić information content (AvgIpc) is 2.51. The Bertz CT molecular complexity index is 742. The van der Waals surface area contributed by atoms with E-state index in [0.717, 1.165) is 11.1 Å². The Morgan fingerprint density at radius 1 is 0.952 bits per heavy atom. The number of aromatic nitrogens is 2. The smallest absolute Gasteiger partial charge is 0.150 e. The van der Waals surface area contributed by atoms with Gasteiger partial charge in [0.05, 0.1) is 17.6 Å². The molecule has 0 saturated carbocycles. The third-order valence-electron chi connectivity index (χ3n) is 3.15. The lowest BCUT2D eigenvalue weighted by molar-refractivity contribution is 0.628. The fourth-order valence-corrected chi connectivity index (χ4v) is 2.23. The van der Waals surface area contributed by atoms with E-state index in [-0.39, 0.29) is 5.82 Å². The molecule has 0 radical (unpaired) electrons. The van der Waals surface area contributed by atoms with Gasteiger partial charge in [0.15, 0.2) is 5.15 Å². The summed E-state index contributed by atoms with van der Waals surface area (Å²) in [6.07, 6.45) is 2.21. The van der Waals surface area contributed by atoms with Crippen LogP contribution >= 0.6 is 11.6 Å². The van der Waals surface area contributed by atoms with Crippen LogP contribution in [0.5, 0.6) is 0 Å². The van der Waals surface area contributed by atoms with Crippen LogP contribution in [-0.2, 0) is 6.42 Å². The summed E-state index contributed by atoms with van der Waals surface area (Å²) in [6, 6.07) is 16.1. The van der Waals surface area contributed by atoms with Crippen LogP contribution < -0.4 is 0 Å². The monoisotopic (exact) mass is 298 g/mol. The van der Waals surface area contributed by atoms with Gasteiger partial charge in [-0.1, -0.05) is 41.9 Å². The van der Waals surface area contributed by atoms with Crippen molar-refractivity contribution in [3.05, 3.63) is 83.0 Å². The number of halogens is 2. The second kappa shape index (κ2) is 6.02. The van der Waals surface area contributed by atoms with Crippen LogP contribution in [0, 0.1) is 5.82 Å². The second-order valence-electron chi connectivity index (χ2n) is 4.66. The standard InChI is InChI=1S/C17H12ClFN2/c18-17-15(10-12-4-2-1-3-5-12)21-16(11-20-17)13-6-8-14(19)9-7-13/h1-9,11H,10H2. The van der Waals surface area contributed by atoms with E-state index in [2.05, 4.69) is 9.97 Å². The van der Waals surface area contributed by atoms with Crippen LogP contribution in [0.4, 0.5) is 4.39 Å². The average molecular weight is 299 g/mol. The first-order valence-corrected chi connectivity index (χ1v) is 6.91. The lowest BCUT2D eigenvalue weighted by atomic mass is 10.1. The number of hydrogen-bond donors (Lipinski definition) is 0. The molecule has 0 fully saturated rings. The van der Waals surface area contributed by atoms with E-state index in [1.165, 1.54) is 12.1 Å². The maximum atomic E-state index is 13.0. The molecule has 0 bridgehead atoms. The van der Waals surface area contributed by atoms with E-state index in [9.17, 15) is 4.39 Å². The quantitative estimate of drug-likeness (QED) is 0.710. The van der Waals surface area contributed by atoms with Crippen molar-refractivity contribution in [2.75, 3.05) is 0 Å². The molecule has 0 amide bonds. The van der Waals surface area contributed by atoms with Gasteiger partial charge in [-0.3, -0.25) is 0 Å². The van der Waals surface area contributed by atoms with Crippen molar-refractivity contribution < 1.29 is 4.39 Å². The van der Waals surface area contributed by atoms with E-state index in [1.54, 1.807) is 18.3 Å². The van der Waals surface area contributed by atoms with Crippen molar-refractivity contribution in [3.8, 4) is 11.3 Å². The zero-order chi connectivity index (χ0) is 14.7. The van der Waals surface area contributed by atoms with Gasteiger partial charge in [0, 0.05) is 12.0 Å². The van der Waals surface area contributed by atoms with Crippen LogP contribution in [0.3, 0.4) is 0 Å². The van der Waals surface area contributed by atoms with Crippen LogP contribution in [-0.4, -0.2) is 9.97 Å². The van der Waals surface area contributed by atoms with Crippen molar-refractivity contribution in [2.45, 2.75) is 6.42 Å². The summed E-state index contributed by atoms with van der Waals surface area (Å²) in [4.78, 5) is 8.73. The summed E-state index contributed by atoms with van der Waals surface area (Å²) in [5.74, 6) is -0.273. The van der Waals surface area contributed by atoms with Gasteiger partial charge in [0.2, 0.25) is 0 Å². The van der Waals surface area contributed by atoms with E-state index in [0.29, 0.717) is 23.0 Å². The lowest BCUT2D eigenvalue weighted by Crippen LogP contribution is -1.98. The van der Waals surface area contributed by atoms with Gasteiger partial charge in [-0.25, -0.2) is 14.4 Å². The molecular weight excluding hydrogens is 287 g/mol. The maximum absolute atomic E-state index is 13.0. The maximum Gasteiger partial charge on any atom is 0.150 e. The molecule has 3 rings (SSSR count). The Morgan fingerprint density at radius 3 is 2.38 bits per heavy atom. The van der Waals surface area contributed by atoms with Crippen molar-refractivity contribution in [1.29, 1.82) is 0 Å². The van der Waals surface area contributed by atoms with Crippen molar-refractivity contribution in [3.63, 3.8) is 0 Å². The van der Waals surface area contributed by atoms with E-state index >= 15 is 0 Å². The molecule has 0 spiro atoms. The van der Waals surface area contributed by atoms with Crippen LogP contribution in [0.25, 0.3) is 11.3 Å². The Balaban J connectivity index is 1.94. The topological polar surface area (TPSA) is 25.8 Å². The molecule has 0 aliphatic rings. The van der Waals surface area contributed by atoms with Gasteiger partial charge in [-0.05, 0) is 29.8 Å². The van der Waals surface area contributed by atoms with Crippen molar-refractivity contribution in [1.82, 2.24) is 9.97 Å². The highest BCUT2D eigenvalue weighted by atomic mass is 35.5. The largest absolute Gasteiger partial charge is 0.248 e. The molecule has 0 N–H and O–H groups in total. The minimum Gasteiger partial charge on any atom is -0.248 e. The normalized spacial score (nSPS) is 10.6. The summed E-state index contributed by atoms with van der Waals surface area (Å²) >= 11 is 6.13. The Hall–Kier alpha value is -2.26. The highest BCUT2D eigenvalue weighted by Gasteiger charge is 2.08. The Morgan fingerprint density at radius 2 is 1.67 bits per heavy atom. The van der Waals surface area contributed by atoms with Crippen LogP contribution in [0.2, 0.25) is 5.15 Å². The number of benzene rings is 2. The fourth-order valence-electron chi connectivity index (χ4n) is 2.07. The van der Waals surface area contributed by atoms with Crippen LogP contribution in [0.1, 0.15) is 11.3 Å². The number of rotatable bonds is 3. The first-order valence-electron chi connectivity index (χ1n) is 6.53. The first-order chi connectivity index (χ1) is 10.2. The van der Waals surface area contributed by atoms with E-state index < -0.39 is 0 Å². The van der Waals surface area contributed by atoms with E-state index in [4.69, 9.17) is 11.6 Å². The molecule has 0 aliphatic carbocycles. The molecule has 1 aromatic heterocycles. The molecule has 0 aliphatic heterocycles. The molecule has 2 aromatic carbocycles. The molecule has 1 heterocycles. The lowest BCUT2D eigenvalue weighted by Gasteiger charge is -2.06. The minimum absolute atomic E-state index is 0.273. The summed E-state index contributed by atoms with van der Waals surface area (Å²) in [5, 5.41) is 0.393. The van der Waals surface area contributed by atoms with E-state index in [1.807, 2.05) is 30.3 Å². The molecule has 3 aromatic rings. The summed E-state index contributed by atoms with van der Waals surface area (Å²) in [6.45, 7) is 0. The van der Waals surface area contributed by atoms with Gasteiger partial charge in [0.25, 0.3) is 0 Å². The zero-order valence-corrected chi connectivity index (χ0v) is 11.9. The first kappa shape index (κ1) is 13.7. The summed E-state index contributed by atoms with van der Waals surface area (Å²) in [5.41, 5.74) is 3.33. The highest BCUT2D eigenvalue weighted by Crippen LogP contribution is 2.21. The number of hydrogen-bond acceptors (Lipinski definition) is 2. The van der Waals surface area contributed by atoms with Crippen molar-refractivity contribution in [2.24, 2.45) is 0 Å². The third kappa shape index (κ3) is 3.26. The molecule has 2 nitrogen and oxygen atoms in total. The Kier molecular flexibility index (Phi) is 3.93. The van der Waals surface area contributed by atoms with Crippen LogP contribution in [0.15, 0.2) is 60.8 Å². The second-order valence-corrected chi connectivity index (χ2v) is 5.02. The van der Waals surface area contributed by atoms with Crippen molar-refractivity contribution >= 4 is 11.6 Å². The highest BCUT2D eigenvalue weighted by molar-refractivity contribution is 6.30. The number of nitrogens with zero attached hydrogens (tertiary/aromatic N) is 2. The minimum atomic E-state index is -0.273. The molecule has 104 valence electrons. The third-order valence-corrected chi connectivity index (χ3v) is 3.46.